The summed E-state index contributed by atoms with van der Waals surface area (Å²) in [5.41, 5.74) is 5.45. The molecule has 138 valence electrons. The Hall–Kier alpha value is -2.15. The highest BCUT2D eigenvalue weighted by Gasteiger charge is 2.09. The van der Waals surface area contributed by atoms with Crippen molar-refractivity contribution in [1.82, 2.24) is 16.2 Å². The Labute approximate surface area is 154 Å². The van der Waals surface area contributed by atoms with E-state index in [9.17, 15) is 9.59 Å². The standard InChI is InChI=1S/C18H27N3O3S/c1-3-5-7-11-16(22)20-21-18(25)19-17(23)14-9-8-10-15(13-14)24-12-6-4-2/h8-10,13H,3-7,11-12H2,1-2H3,(H,20,22)(H2,19,21,23,25). The van der Waals surface area contributed by atoms with Crippen molar-refractivity contribution in [3.05, 3.63) is 29.8 Å². The summed E-state index contributed by atoms with van der Waals surface area (Å²) in [4.78, 5) is 23.8. The molecular formula is C18H27N3O3S. The molecule has 1 rings (SSSR count). The zero-order chi connectivity index (χ0) is 18.5. The third-order valence-electron chi connectivity index (χ3n) is 3.41. The summed E-state index contributed by atoms with van der Waals surface area (Å²) in [5.74, 6) is 0.124. The number of thiocarbonyl (C=S) groups is 1. The normalized spacial score (nSPS) is 10.0. The van der Waals surface area contributed by atoms with Crippen LogP contribution in [0.3, 0.4) is 0 Å². The van der Waals surface area contributed by atoms with Crippen molar-refractivity contribution < 1.29 is 14.3 Å². The van der Waals surface area contributed by atoms with Crippen molar-refractivity contribution in [3.63, 3.8) is 0 Å². The fourth-order valence-electron chi connectivity index (χ4n) is 1.99. The lowest BCUT2D eigenvalue weighted by Crippen LogP contribution is -2.48. The first kappa shape index (κ1) is 20.9. The van der Waals surface area contributed by atoms with Crippen LogP contribution in [-0.4, -0.2) is 23.5 Å². The van der Waals surface area contributed by atoms with Gasteiger partial charge in [0.1, 0.15) is 5.75 Å². The molecule has 0 heterocycles. The predicted molar refractivity (Wildman–Crippen MR) is 102 cm³/mol. The molecule has 0 aromatic heterocycles. The second-order valence-electron chi connectivity index (χ2n) is 5.64. The van der Waals surface area contributed by atoms with Crippen LogP contribution in [0.4, 0.5) is 0 Å². The number of carbonyl (C=O) groups excluding carboxylic acids is 2. The van der Waals surface area contributed by atoms with Crippen LogP contribution in [0.25, 0.3) is 0 Å². The van der Waals surface area contributed by atoms with E-state index in [4.69, 9.17) is 17.0 Å². The number of amides is 2. The largest absolute Gasteiger partial charge is 0.494 e. The van der Waals surface area contributed by atoms with Crippen molar-refractivity contribution >= 4 is 29.1 Å². The van der Waals surface area contributed by atoms with Crippen LogP contribution in [0, 0.1) is 0 Å². The average Bonchev–Trinajstić information content (AvgIpc) is 2.61. The van der Waals surface area contributed by atoms with E-state index in [1.807, 2.05) is 0 Å². The van der Waals surface area contributed by atoms with E-state index < -0.39 is 0 Å². The van der Waals surface area contributed by atoms with Gasteiger partial charge in [-0.25, -0.2) is 0 Å². The highest BCUT2D eigenvalue weighted by atomic mass is 32.1. The lowest BCUT2D eigenvalue weighted by atomic mass is 10.2. The molecule has 7 heteroatoms. The molecule has 0 aliphatic rings. The molecule has 0 radical (unpaired) electrons. The molecule has 25 heavy (non-hydrogen) atoms. The summed E-state index contributed by atoms with van der Waals surface area (Å²) in [6, 6.07) is 6.90. The maximum absolute atomic E-state index is 12.2. The molecule has 0 saturated heterocycles. The fourth-order valence-corrected chi connectivity index (χ4v) is 2.14. The molecule has 1 aromatic rings. The van der Waals surface area contributed by atoms with Gasteiger partial charge in [0.05, 0.1) is 6.61 Å². The van der Waals surface area contributed by atoms with E-state index in [-0.39, 0.29) is 16.9 Å². The number of hydrazine groups is 1. The van der Waals surface area contributed by atoms with Gasteiger partial charge in [-0.2, -0.15) is 0 Å². The van der Waals surface area contributed by atoms with Crippen molar-refractivity contribution in [2.75, 3.05) is 6.61 Å². The Morgan fingerprint density at radius 3 is 2.56 bits per heavy atom. The summed E-state index contributed by atoms with van der Waals surface area (Å²) in [7, 11) is 0. The summed E-state index contributed by atoms with van der Waals surface area (Å²) < 4.78 is 5.58. The van der Waals surface area contributed by atoms with Gasteiger partial charge < -0.3 is 4.74 Å². The number of benzene rings is 1. The molecule has 3 N–H and O–H groups in total. The summed E-state index contributed by atoms with van der Waals surface area (Å²) >= 11 is 5.01. The molecule has 0 aliphatic carbocycles. The van der Waals surface area contributed by atoms with Crippen LogP contribution in [0.5, 0.6) is 5.75 Å². The Balaban J connectivity index is 2.40. The van der Waals surface area contributed by atoms with Crippen LogP contribution < -0.4 is 20.9 Å². The number of carbonyl (C=O) groups is 2. The van der Waals surface area contributed by atoms with Crippen LogP contribution >= 0.6 is 12.2 Å². The van der Waals surface area contributed by atoms with Gasteiger partial charge in [-0.15, -0.1) is 0 Å². The van der Waals surface area contributed by atoms with Crippen LogP contribution in [-0.2, 0) is 4.79 Å². The first-order valence-electron chi connectivity index (χ1n) is 8.69. The van der Waals surface area contributed by atoms with Gasteiger partial charge in [-0.1, -0.05) is 39.2 Å². The van der Waals surface area contributed by atoms with E-state index in [0.29, 0.717) is 24.3 Å². The number of ether oxygens (including phenoxy) is 1. The van der Waals surface area contributed by atoms with Crippen LogP contribution in [0.15, 0.2) is 24.3 Å². The molecule has 0 saturated carbocycles. The molecule has 0 fully saturated rings. The Bertz CT molecular complexity index is 578. The smallest absolute Gasteiger partial charge is 0.257 e. The van der Waals surface area contributed by atoms with Crippen molar-refractivity contribution in [1.29, 1.82) is 0 Å². The Morgan fingerprint density at radius 1 is 1.08 bits per heavy atom. The average molecular weight is 365 g/mol. The number of unbranched alkanes of at least 4 members (excludes halogenated alkanes) is 3. The van der Waals surface area contributed by atoms with E-state index in [1.54, 1.807) is 24.3 Å². The number of nitrogens with one attached hydrogen (secondary N) is 3. The molecule has 0 bridgehead atoms. The second kappa shape index (κ2) is 12.2. The van der Waals surface area contributed by atoms with Gasteiger partial charge in [0.2, 0.25) is 5.91 Å². The predicted octanol–water partition coefficient (Wildman–Crippen LogP) is 3.08. The lowest BCUT2D eigenvalue weighted by molar-refractivity contribution is -0.121. The minimum absolute atomic E-state index is 0.0474. The zero-order valence-electron chi connectivity index (χ0n) is 14.9. The molecular weight excluding hydrogens is 338 g/mol. The minimum atomic E-state index is -0.362. The quantitative estimate of drug-likeness (QED) is 0.356. The topological polar surface area (TPSA) is 79.5 Å². The molecule has 0 atom stereocenters. The van der Waals surface area contributed by atoms with Gasteiger partial charge in [0, 0.05) is 12.0 Å². The number of hydrogen-bond donors (Lipinski definition) is 3. The van der Waals surface area contributed by atoms with Crippen molar-refractivity contribution in [3.8, 4) is 5.75 Å². The summed E-state index contributed by atoms with van der Waals surface area (Å²) in [5, 5.41) is 2.57. The molecule has 0 spiro atoms. The first-order chi connectivity index (χ1) is 12.1. The first-order valence-corrected chi connectivity index (χ1v) is 9.10. The van der Waals surface area contributed by atoms with Gasteiger partial charge in [0.25, 0.3) is 5.91 Å². The van der Waals surface area contributed by atoms with Gasteiger partial charge in [-0.05, 0) is 43.3 Å². The fraction of sp³-hybridized carbons (Fsp3) is 0.500. The molecule has 0 unspecified atom stereocenters. The third-order valence-corrected chi connectivity index (χ3v) is 3.62. The summed E-state index contributed by atoms with van der Waals surface area (Å²) in [6.45, 7) is 4.78. The summed E-state index contributed by atoms with van der Waals surface area (Å²) in [6.07, 6.45) is 5.32. The monoisotopic (exact) mass is 365 g/mol. The Morgan fingerprint density at radius 2 is 1.84 bits per heavy atom. The lowest BCUT2D eigenvalue weighted by Gasteiger charge is -2.11. The van der Waals surface area contributed by atoms with Crippen molar-refractivity contribution in [2.45, 2.75) is 52.4 Å². The number of hydrogen-bond acceptors (Lipinski definition) is 4. The molecule has 2 amide bonds. The third kappa shape index (κ3) is 9.05. The maximum Gasteiger partial charge on any atom is 0.257 e. The molecule has 6 nitrogen and oxygen atoms in total. The SMILES string of the molecule is CCCCCC(=O)NNC(=S)NC(=O)c1cccc(OCCCC)c1. The van der Waals surface area contributed by atoms with Gasteiger partial charge >= 0.3 is 0 Å². The highest BCUT2D eigenvalue weighted by molar-refractivity contribution is 7.80. The van der Waals surface area contributed by atoms with Gasteiger partial charge in [0.15, 0.2) is 5.11 Å². The van der Waals surface area contributed by atoms with Crippen LogP contribution in [0.1, 0.15) is 62.7 Å². The van der Waals surface area contributed by atoms with E-state index in [0.717, 1.165) is 32.1 Å². The van der Waals surface area contributed by atoms with E-state index in [2.05, 4.69) is 30.0 Å². The zero-order valence-corrected chi connectivity index (χ0v) is 15.7. The maximum atomic E-state index is 12.2. The van der Waals surface area contributed by atoms with Crippen molar-refractivity contribution in [2.24, 2.45) is 0 Å². The second-order valence-corrected chi connectivity index (χ2v) is 6.05. The van der Waals surface area contributed by atoms with E-state index >= 15 is 0 Å². The molecule has 1 aromatic carbocycles. The Kier molecular flexibility index (Phi) is 10.2. The van der Waals surface area contributed by atoms with Crippen LogP contribution in [0.2, 0.25) is 0 Å². The minimum Gasteiger partial charge on any atom is -0.494 e. The van der Waals surface area contributed by atoms with E-state index in [1.165, 1.54) is 0 Å². The van der Waals surface area contributed by atoms with Gasteiger partial charge in [-0.3, -0.25) is 25.8 Å². The molecule has 0 aliphatic heterocycles. The highest BCUT2D eigenvalue weighted by Crippen LogP contribution is 2.13. The number of rotatable bonds is 9.